The number of fused-ring (bicyclic) bond motifs is 1. The number of aryl methyl sites for hydroxylation is 1. The maximum Gasteiger partial charge on any atom is 0.191 e. The summed E-state index contributed by atoms with van der Waals surface area (Å²) in [6.07, 6.45) is 0. The van der Waals surface area contributed by atoms with E-state index in [4.69, 9.17) is 4.74 Å². The topological polar surface area (TPSA) is 35.0 Å². The number of hydrogen-bond acceptors (Lipinski definition) is 4. The van der Waals surface area contributed by atoms with E-state index in [0.29, 0.717) is 17.1 Å². The summed E-state index contributed by atoms with van der Waals surface area (Å²) < 4.78 is 19.5. The Bertz CT molecular complexity index is 842. The van der Waals surface area contributed by atoms with Crippen LogP contribution in [0.3, 0.4) is 0 Å². The Labute approximate surface area is 132 Å². The van der Waals surface area contributed by atoms with Gasteiger partial charge in [-0.25, -0.2) is 14.4 Å². The van der Waals surface area contributed by atoms with Gasteiger partial charge in [0.1, 0.15) is 5.52 Å². The van der Waals surface area contributed by atoms with Crippen LogP contribution in [0.15, 0.2) is 23.6 Å². The van der Waals surface area contributed by atoms with Gasteiger partial charge >= 0.3 is 0 Å². The molecule has 2 aromatic heterocycles. The number of methoxy groups -OCH3 is 1. The molecule has 0 saturated carbocycles. The number of halogens is 1. The van der Waals surface area contributed by atoms with Crippen LogP contribution in [-0.4, -0.2) is 17.1 Å². The molecule has 2 heterocycles. The molecule has 0 saturated heterocycles. The number of ether oxygens (including phenoxy) is 1. The van der Waals surface area contributed by atoms with Gasteiger partial charge in [0.05, 0.1) is 23.5 Å². The summed E-state index contributed by atoms with van der Waals surface area (Å²) in [6.45, 7) is 6.16. The van der Waals surface area contributed by atoms with E-state index >= 15 is 0 Å². The maximum atomic E-state index is 14.5. The minimum Gasteiger partial charge on any atom is -0.494 e. The number of benzene rings is 1. The molecule has 0 fully saturated rings. The number of pyridine rings is 1. The zero-order valence-electron chi connectivity index (χ0n) is 13.0. The molecule has 3 rings (SSSR count). The Hall–Kier alpha value is -2.01. The number of nitrogens with zero attached hydrogens (tertiary/aromatic N) is 2. The first-order chi connectivity index (χ1) is 10.5. The van der Waals surface area contributed by atoms with Gasteiger partial charge in [0, 0.05) is 16.7 Å². The number of hydrogen-bond donors (Lipinski definition) is 0. The Morgan fingerprint density at radius 2 is 1.95 bits per heavy atom. The van der Waals surface area contributed by atoms with Crippen LogP contribution in [0, 0.1) is 12.7 Å². The average molecular weight is 316 g/mol. The van der Waals surface area contributed by atoms with Crippen LogP contribution in [0.2, 0.25) is 0 Å². The van der Waals surface area contributed by atoms with Gasteiger partial charge in [0.2, 0.25) is 0 Å². The van der Waals surface area contributed by atoms with E-state index in [2.05, 4.69) is 23.8 Å². The fourth-order valence-corrected chi connectivity index (χ4v) is 3.20. The zero-order valence-corrected chi connectivity index (χ0v) is 13.8. The van der Waals surface area contributed by atoms with Crippen LogP contribution in [-0.2, 0) is 0 Å². The Balaban J connectivity index is 2.20. The van der Waals surface area contributed by atoms with Crippen LogP contribution in [0.5, 0.6) is 5.75 Å². The highest BCUT2D eigenvalue weighted by atomic mass is 32.1. The van der Waals surface area contributed by atoms with Crippen LogP contribution in [0.1, 0.15) is 30.3 Å². The molecule has 0 N–H and O–H groups in total. The van der Waals surface area contributed by atoms with Crippen LogP contribution in [0.25, 0.3) is 22.3 Å². The minimum absolute atomic E-state index is 0.206. The van der Waals surface area contributed by atoms with Crippen molar-refractivity contribution in [1.82, 2.24) is 9.97 Å². The lowest BCUT2D eigenvalue weighted by atomic mass is 10.1. The number of thiazole rings is 1. The first-order valence-corrected chi connectivity index (χ1v) is 7.99. The summed E-state index contributed by atoms with van der Waals surface area (Å²) >= 11 is 1.61. The third-order valence-corrected chi connectivity index (χ3v) is 4.73. The van der Waals surface area contributed by atoms with Gasteiger partial charge < -0.3 is 4.74 Å². The van der Waals surface area contributed by atoms with Crippen LogP contribution >= 0.6 is 11.3 Å². The van der Waals surface area contributed by atoms with E-state index < -0.39 is 5.82 Å². The molecule has 3 aromatic rings. The summed E-state index contributed by atoms with van der Waals surface area (Å²) in [7, 11) is 1.45. The Morgan fingerprint density at radius 3 is 2.59 bits per heavy atom. The zero-order chi connectivity index (χ0) is 15.9. The Morgan fingerprint density at radius 1 is 1.18 bits per heavy atom. The summed E-state index contributed by atoms with van der Waals surface area (Å²) in [5.41, 5.74) is 2.79. The first kappa shape index (κ1) is 14.9. The second kappa shape index (κ2) is 5.65. The molecule has 0 aliphatic rings. The highest BCUT2D eigenvalue weighted by Gasteiger charge is 2.15. The maximum absolute atomic E-state index is 14.5. The molecule has 0 aliphatic carbocycles. The fraction of sp³-hybridized carbons (Fsp3) is 0.294. The normalized spacial score (nSPS) is 11.4. The predicted octanol–water partition coefficient (Wildman–Crippen LogP) is 4.94. The SMILES string of the molecule is COc1ccc2c(C)cc(-c3csc(C(C)C)n3)nc2c1F. The molecule has 0 amide bonds. The third kappa shape index (κ3) is 2.46. The lowest BCUT2D eigenvalue weighted by Crippen LogP contribution is -1.95. The highest BCUT2D eigenvalue weighted by Crippen LogP contribution is 2.31. The second-order valence-corrected chi connectivity index (χ2v) is 6.42. The van der Waals surface area contributed by atoms with E-state index in [1.165, 1.54) is 7.11 Å². The van der Waals surface area contributed by atoms with Crippen molar-refractivity contribution >= 4 is 22.2 Å². The first-order valence-electron chi connectivity index (χ1n) is 7.11. The molecule has 0 spiro atoms. The van der Waals surface area contributed by atoms with Gasteiger partial charge in [-0.1, -0.05) is 13.8 Å². The van der Waals surface area contributed by atoms with Crippen LogP contribution < -0.4 is 4.74 Å². The molecular weight excluding hydrogens is 299 g/mol. The molecule has 1 aromatic carbocycles. The predicted molar refractivity (Wildman–Crippen MR) is 88.2 cm³/mol. The average Bonchev–Trinajstić information content (AvgIpc) is 2.98. The molecule has 0 atom stereocenters. The standard InChI is InChI=1S/C17H17FN2OS/c1-9(2)17-20-13(8-22-17)12-7-10(3)11-5-6-14(21-4)15(18)16(11)19-12/h5-9H,1-4H3. The Kier molecular flexibility index (Phi) is 3.83. The molecule has 22 heavy (non-hydrogen) atoms. The van der Waals surface area contributed by atoms with E-state index in [0.717, 1.165) is 21.7 Å². The lowest BCUT2D eigenvalue weighted by Gasteiger charge is -2.08. The molecule has 5 heteroatoms. The molecule has 0 unspecified atom stereocenters. The number of aromatic nitrogens is 2. The van der Waals surface area contributed by atoms with Gasteiger partial charge in [-0.3, -0.25) is 0 Å². The molecular formula is C17H17FN2OS. The summed E-state index contributed by atoms with van der Waals surface area (Å²) in [5, 5.41) is 3.82. The van der Waals surface area contributed by atoms with Crippen molar-refractivity contribution in [2.45, 2.75) is 26.7 Å². The van der Waals surface area contributed by atoms with Crippen molar-refractivity contribution in [2.75, 3.05) is 7.11 Å². The van der Waals surface area contributed by atoms with Gasteiger partial charge in [0.25, 0.3) is 0 Å². The molecule has 0 radical (unpaired) electrons. The quantitative estimate of drug-likeness (QED) is 0.686. The number of rotatable bonds is 3. The molecule has 3 nitrogen and oxygen atoms in total. The fourth-order valence-electron chi connectivity index (χ4n) is 2.37. The minimum atomic E-state index is -0.427. The summed E-state index contributed by atoms with van der Waals surface area (Å²) in [5.74, 6) is 0.152. The van der Waals surface area contributed by atoms with Crippen LogP contribution in [0.4, 0.5) is 4.39 Å². The molecule has 0 aliphatic heterocycles. The third-order valence-electron chi connectivity index (χ3n) is 3.59. The van der Waals surface area contributed by atoms with E-state index in [9.17, 15) is 4.39 Å². The summed E-state index contributed by atoms with van der Waals surface area (Å²) in [4.78, 5) is 9.08. The molecule has 0 bridgehead atoms. The van der Waals surface area contributed by atoms with E-state index in [-0.39, 0.29) is 5.75 Å². The van der Waals surface area contributed by atoms with Crippen molar-refractivity contribution in [3.63, 3.8) is 0 Å². The van der Waals surface area contributed by atoms with E-state index in [1.807, 2.05) is 24.4 Å². The lowest BCUT2D eigenvalue weighted by molar-refractivity contribution is 0.388. The van der Waals surface area contributed by atoms with Gasteiger partial charge in [-0.05, 0) is 30.7 Å². The van der Waals surface area contributed by atoms with Crippen molar-refractivity contribution in [2.24, 2.45) is 0 Å². The van der Waals surface area contributed by atoms with Crippen molar-refractivity contribution in [3.05, 3.63) is 40.0 Å². The smallest absolute Gasteiger partial charge is 0.191 e. The largest absolute Gasteiger partial charge is 0.494 e. The van der Waals surface area contributed by atoms with Crippen molar-refractivity contribution in [1.29, 1.82) is 0 Å². The molecule has 114 valence electrons. The van der Waals surface area contributed by atoms with Gasteiger partial charge in [-0.2, -0.15) is 0 Å². The van der Waals surface area contributed by atoms with Crippen molar-refractivity contribution in [3.8, 4) is 17.1 Å². The van der Waals surface area contributed by atoms with E-state index in [1.54, 1.807) is 17.4 Å². The van der Waals surface area contributed by atoms with Crippen molar-refractivity contribution < 1.29 is 9.13 Å². The highest BCUT2D eigenvalue weighted by molar-refractivity contribution is 7.10. The van der Waals surface area contributed by atoms with Gasteiger partial charge in [0.15, 0.2) is 11.6 Å². The second-order valence-electron chi connectivity index (χ2n) is 5.53. The monoisotopic (exact) mass is 316 g/mol. The van der Waals surface area contributed by atoms with Gasteiger partial charge in [-0.15, -0.1) is 11.3 Å². The summed E-state index contributed by atoms with van der Waals surface area (Å²) in [6, 6.07) is 5.42.